The first-order valence-electron chi connectivity index (χ1n) is 4.63. The van der Waals surface area contributed by atoms with Crippen molar-refractivity contribution >= 4 is 5.97 Å². The van der Waals surface area contributed by atoms with Crippen molar-refractivity contribution in [2.75, 3.05) is 13.2 Å². The Morgan fingerprint density at radius 1 is 1.38 bits per heavy atom. The average molecular weight is 186 g/mol. The molecule has 1 unspecified atom stereocenters. The summed E-state index contributed by atoms with van der Waals surface area (Å²) in [5, 5.41) is 8.65. The van der Waals surface area contributed by atoms with Crippen LogP contribution < -0.4 is 0 Å². The third-order valence-corrected chi connectivity index (χ3v) is 2.84. The van der Waals surface area contributed by atoms with Crippen LogP contribution in [0.5, 0.6) is 0 Å². The molecule has 4 atom stereocenters. The van der Waals surface area contributed by atoms with E-state index in [9.17, 15) is 4.79 Å². The number of ether oxygens (including phenoxy) is 2. The van der Waals surface area contributed by atoms with Gasteiger partial charge in [-0.25, -0.2) is 0 Å². The zero-order valence-corrected chi connectivity index (χ0v) is 7.60. The molecule has 0 bridgehead atoms. The molecule has 2 fully saturated rings. The zero-order valence-electron chi connectivity index (χ0n) is 7.60. The topological polar surface area (TPSA) is 55.8 Å². The van der Waals surface area contributed by atoms with E-state index in [4.69, 9.17) is 14.6 Å². The van der Waals surface area contributed by atoms with Gasteiger partial charge in [-0.1, -0.05) is 6.92 Å². The van der Waals surface area contributed by atoms with Crippen LogP contribution in [0.2, 0.25) is 0 Å². The van der Waals surface area contributed by atoms with Crippen LogP contribution in [0.1, 0.15) is 13.3 Å². The number of hydrogen-bond donors (Lipinski definition) is 1. The molecular weight excluding hydrogens is 172 g/mol. The Bertz CT molecular complexity index is 216. The van der Waals surface area contributed by atoms with Gasteiger partial charge in [-0.3, -0.25) is 4.79 Å². The Balaban J connectivity index is 1.98. The Labute approximate surface area is 76.8 Å². The highest BCUT2D eigenvalue weighted by atomic mass is 16.6. The molecule has 2 heterocycles. The van der Waals surface area contributed by atoms with Gasteiger partial charge in [0.15, 0.2) is 0 Å². The second-order valence-corrected chi connectivity index (χ2v) is 3.93. The Hall–Kier alpha value is -0.610. The van der Waals surface area contributed by atoms with E-state index in [1.165, 1.54) is 0 Å². The molecule has 1 N–H and O–H groups in total. The second-order valence-electron chi connectivity index (χ2n) is 3.93. The summed E-state index contributed by atoms with van der Waals surface area (Å²) in [6, 6.07) is 0. The van der Waals surface area contributed by atoms with E-state index in [1.807, 2.05) is 0 Å². The van der Waals surface area contributed by atoms with E-state index >= 15 is 0 Å². The molecule has 0 aromatic carbocycles. The van der Waals surface area contributed by atoms with Gasteiger partial charge in [0.25, 0.3) is 0 Å². The van der Waals surface area contributed by atoms with Crippen molar-refractivity contribution in [1.82, 2.24) is 0 Å². The maximum absolute atomic E-state index is 10.5. The van der Waals surface area contributed by atoms with Crippen LogP contribution in [0.4, 0.5) is 0 Å². The van der Waals surface area contributed by atoms with Gasteiger partial charge in [-0.15, -0.1) is 0 Å². The van der Waals surface area contributed by atoms with Crippen molar-refractivity contribution in [2.24, 2.45) is 11.8 Å². The minimum Gasteiger partial charge on any atom is -0.481 e. The van der Waals surface area contributed by atoms with E-state index < -0.39 is 5.97 Å². The zero-order chi connectivity index (χ0) is 9.42. The maximum Gasteiger partial charge on any atom is 0.303 e. The van der Waals surface area contributed by atoms with Gasteiger partial charge in [0.05, 0.1) is 31.8 Å². The molecule has 13 heavy (non-hydrogen) atoms. The van der Waals surface area contributed by atoms with Crippen molar-refractivity contribution in [3.63, 3.8) is 0 Å². The quantitative estimate of drug-likeness (QED) is 0.682. The predicted molar refractivity (Wildman–Crippen MR) is 44.4 cm³/mol. The van der Waals surface area contributed by atoms with Crippen molar-refractivity contribution in [3.05, 3.63) is 0 Å². The van der Waals surface area contributed by atoms with Gasteiger partial charge in [0, 0.05) is 11.8 Å². The maximum atomic E-state index is 10.5. The summed E-state index contributed by atoms with van der Waals surface area (Å²) in [6.45, 7) is 3.31. The van der Waals surface area contributed by atoms with Gasteiger partial charge >= 0.3 is 5.97 Å². The molecule has 2 saturated heterocycles. The molecule has 4 heteroatoms. The van der Waals surface area contributed by atoms with Gasteiger partial charge in [0.2, 0.25) is 0 Å². The summed E-state index contributed by atoms with van der Waals surface area (Å²) >= 11 is 0. The number of carbonyl (C=O) groups is 1. The standard InChI is InChI=1S/C9H14O4/c1-5-3-12-9-6(2-7(10)11)4-13-8(5)9/h5-6,8-9H,2-4H2,1H3,(H,10,11)/t5-,6?,8-,9-/m1/s1. The highest BCUT2D eigenvalue weighted by Crippen LogP contribution is 2.35. The monoisotopic (exact) mass is 186 g/mol. The summed E-state index contributed by atoms with van der Waals surface area (Å²) in [5.74, 6) is -0.311. The van der Waals surface area contributed by atoms with E-state index in [1.54, 1.807) is 0 Å². The Morgan fingerprint density at radius 2 is 2.08 bits per heavy atom. The van der Waals surface area contributed by atoms with E-state index in [0.717, 1.165) is 0 Å². The normalized spacial score (nSPS) is 43.5. The van der Waals surface area contributed by atoms with Crippen LogP contribution in [-0.2, 0) is 14.3 Å². The molecule has 2 aliphatic rings. The lowest BCUT2D eigenvalue weighted by atomic mass is 9.95. The van der Waals surface area contributed by atoms with Crippen LogP contribution in [0.25, 0.3) is 0 Å². The second kappa shape index (κ2) is 3.27. The number of fused-ring (bicyclic) bond motifs is 1. The molecule has 0 aliphatic carbocycles. The van der Waals surface area contributed by atoms with Gasteiger partial charge < -0.3 is 14.6 Å². The van der Waals surface area contributed by atoms with Crippen molar-refractivity contribution in [2.45, 2.75) is 25.6 Å². The number of carboxylic acids is 1. The van der Waals surface area contributed by atoms with Crippen molar-refractivity contribution in [3.8, 4) is 0 Å². The molecule has 0 radical (unpaired) electrons. The first-order valence-corrected chi connectivity index (χ1v) is 4.63. The van der Waals surface area contributed by atoms with Crippen LogP contribution in [0.3, 0.4) is 0 Å². The minimum atomic E-state index is -0.766. The van der Waals surface area contributed by atoms with E-state index in [-0.39, 0.29) is 24.5 Å². The lowest BCUT2D eigenvalue weighted by Gasteiger charge is -2.13. The lowest BCUT2D eigenvalue weighted by molar-refractivity contribution is -0.138. The van der Waals surface area contributed by atoms with Gasteiger partial charge in [0.1, 0.15) is 0 Å². The Morgan fingerprint density at radius 3 is 2.77 bits per heavy atom. The van der Waals surface area contributed by atoms with Crippen molar-refractivity contribution in [1.29, 1.82) is 0 Å². The fraction of sp³-hybridized carbons (Fsp3) is 0.889. The lowest BCUT2D eigenvalue weighted by Crippen LogP contribution is -2.26. The molecule has 0 amide bonds. The molecule has 0 saturated carbocycles. The molecule has 4 nitrogen and oxygen atoms in total. The first-order chi connectivity index (χ1) is 6.18. The number of aliphatic carboxylic acids is 1. The highest BCUT2D eigenvalue weighted by molar-refractivity contribution is 5.67. The molecule has 0 aromatic rings. The molecule has 2 aliphatic heterocycles. The summed E-state index contributed by atoms with van der Waals surface area (Å²) in [4.78, 5) is 10.5. The Kier molecular flexibility index (Phi) is 2.26. The van der Waals surface area contributed by atoms with Crippen LogP contribution in [-0.4, -0.2) is 36.5 Å². The largest absolute Gasteiger partial charge is 0.481 e. The van der Waals surface area contributed by atoms with Crippen LogP contribution >= 0.6 is 0 Å². The summed E-state index contributed by atoms with van der Waals surface area (Å²) in [6.07, 6.45) is 0.309. The minimum absolute atomic E-state index is 0.0195. The first kappa shape index (κ1) is 8.97. The summed E-state index contributed by atoms with van der Waals surface area (Å²) < 4.78 is 11.0. The fourth-order valence-corrected chi connectivity index (χ4v) is 2.17. The molecule has 0 aromatic heterocycles. The highest BCUT2D eigenvalue weighted by Gasteiger charge is 2.46. The van der Waals surface area contributed by atoms with E-state index in [0.29, 0.717) is 19.1 Å². The molecule has 74 valence electrons. The summed E-state index contributed by atoms with van der Waals surface area (Å²) in [5.41, 5.74) is 0. The number of carboxylic acid groups (broad SMARTS) is 1. The molecular formula is C9H14O4. The smallest absolute Gasteiger partial charge is 0.303 e. The fourth-order valence-electron chi connectivity index (χ4n) is 2.17. The van der Waals surface area contributed by atoms with E-state index in [2.05, 4.69) is 6.92 Å². The molecule has 2 rings (SSSR count). The third-order valence-electron chi connectivity index (χ3n) is 2.84. The summed E-state index contributed by atoms with van der Waals surface area (Å²) in [7, 11) is 0. The third kappa shape index (κ3) is 1.56. The molecule has 0 spiro atoms. The number of rotatable bonds is 2. The average Bonchev–Trinajstić information content (AvgIpc) is 2.56. The predicted octanol–water partition coefficient (Wildman–Crippen LogP) is 0.511. The number of hydrogen-bond acceptors (Lipinski definition) is 3. The van der Waals surface area contributed by atoms with Gasteiger partial charge in [-0.05, 0) is 0 Å². The van der Waals surface area contributed by atoms with Crippen LogP contribution in [0, 0.1) is 11.8 Å². The van der Waals surface area contributed by atoms with Gasteiger partial charge in [-0.2, -0.15) is 0 Å². The SMILES string of the molecule is C[C@@H]1CO[C@@H]2C(CC(=O)O)CO[C@H]12. The van der Waals surface area contributed by atoms with Crippen molar-refractivity contribution < 1.29 is 19.4 Å². The van der Waals surface area contributed by atoms with Crippen LogP contribution in [0.15, 0.2) is 0 Å².